The molecular weight excluding hydrogens is 410 g/mol. The lowest BCUT2D eigenvalue weighted by Gasteiger charge is -2.26. The summed E-state index contributed by atoms with van der Waals surface area (Å²) < 4.78 is 6.87. The maximum absolute atomic E-state index is 12.5. The molecule has 0 bridgehead atoms. The summed E-state index contributed by atoms with van der Waals surface area (Å²) in [5.74, 6) is 1.37. The summed E-state index contributed by atoms with van der Waals surface area (Å²) in [6.07, 6.45) is 0.938. The van der Waals surface area contributed by atoms with Crippen LogP contribution in [0.3, 0.4) is 0 Å². The summed E-state index contributed by atoms with van der Waals surface area (Å²) in [6.45, 7) is 2.73. The summed E-state index contributed by atoms with van der Waals surface area (Å²) in [4.78, 5) is 14.3. The minimum absolute atomic E-state index is 0.0914. The third-order valence-electron chi connectivity index (χ3n) is 3.67. The Morgan fingerprint density at radius 1 is 1.29 bits per heavy atom. The van der Waals surface area contributed by atoms with Crippen molar-refractivity contribution in [3.63, 3.8) is 0 Å². The predicted octanol–water partition coefficient (Wildman–Crippen LogP) is 5.67. The molecule has 1 atom stereocenters. The molecule has 1 heterocycles. The van der Waals surface area contributed by atoms with Gasteiger partial charge >= 0.3 is 0 Å². The minimum atomic E-state index is -0.108. The van der Waals surface area contributed by atoms with Crippen LogP contribution in [0.2, 0.25) is 5.02 Å². The number of rotatable bonds is 5. The van der Waals surface area contributed by atoms with Crippen LogP contribution < -0.4 is 9.64 Å². The lowest BCUT2D eigenvalue weighted by Crippen LogP contribution is -2.28. The summed E-state index contributed by atoms with van der Waals surface area (Å²) in [5, 5.41) is 0.548. The van der Waals surface area contributed by atoms with Crippen molar-refractivity contribution in [2.75, 3.05) is 17.3 Å². The molecule has 0 unspecified atom stereocenters. The number of ether oxygens (including phenoxy) is 1. The van der Waals surface area contributed by atoms with Crippen LogP contribution in [0, 0.1) is 0 Å². The normalized spacial score (nSPS) is 17.4. The van der Waals surface area contributed by atoms with E-state index in [2.05, 4.69) is 22.9 Å². The molecule has 0 spiro atoms. The molecule has 24 heavy (non-hydrogen) atoms. The van der Waals surface area contributed by atoms with Crippen LogP contribution in [-0.2, 0) is 4.79 Å². The average Bonchev–Trinajstić information content (AvgIpc) is 2.96. The Morgan fingerprint density at radius 3 is 2.75 bits per heavy atom. The second kappa shape index (κ2) is 7.81. The van der Waals surface area contributed by atoms with Gasteiger partial charge in [-0.2, -0.15) is 0 Å². The molecule has 2 aromatic rings. The van der Waals surface area contributed by atoms with Crippen LogP contribution in [-0.4, -0.2) is 18.3 Å². The molecule has 0 radical (unpaired) electrons. The van der Waals surface area contributed by atoms with Gasteiger partial charge in [-0.05, 0) is 48.9 Å². The highest BCUT2D eigenvalue weighted by Gasteiger charge is 2.35. The third kappa shape index (κ3) is 3.73. The van der Waals surface area contributed by atoms with E-state index in [0.29, 0.717) is 17.4 Å². The second-order valence-corrected chi connectivity index (χ2v) is 7.85. The van der Waals surface area contributed by atoms with Crippen LogP contribution in [0.5, 0.6) is 5.75 Å². The maximum atomic E-state index is 12.5. The van der Waals surface area contributed by atoms with Gasteiger partial charge in [-0.25, -0.2) is 0 Å². The molecule has 1 fully saturated rings. The van der Waals surface area contributed by atoms with Crippen molar-refractivity contribution >= 4 is 50.9 Å². The first-order valence-electron chi connectivity index (χ1n) is 7.71. The second-order valence-electron chi connectivity index (χ2n) is 5.43. The Balaban J connectivity index is 1.99. The molecule has 0 N–H and O–H groups in total. The van der Waals surface area contributed by atoms with Gasteiger partial charge in [0.15, 0.2) is 0 Å². The lowest BCUT2D eigenvalue weighted by molar-refractivity contribution is -0.115. The molecule has 0 aliphatic carbocycles. The third-order valence-corrected chi connectivity index (χ3v) is 5.61. The van der Waals surface area contributed by atoms with E-state index < -0.39 is 0 Å². The standard InChI is InChI=1S/C18H17BrClNO2S/c1-2-9-23-16-8-3-12(19)10-15(16)18-21(17(22)11-24-18)14-6-4-13(20)5-7-14/h3-8,10,18H,2,9,11H2,1H3/t18-/m0/s1. The van der Waals surface area contributed by atoms with E-state index in [1.807, 2.05) is 35.2 Å². The Labute approximate surface area is 159 Å². The summed E-state index contributed by atoms with van der Waals surface area (Å²) >= 11 is 11.1. The first kappa shape index (κ1) is 17.6. The highest BCUT2D eigenvalue weighted by Crippen LogP contribution is 2.45. The molecule has 0 saturated carbocycles. The topological polar surface area (TPSA) is 29.5 Å². The number of amides is 1. The number of carbonyl (C=O) groups excluding carboxylic acids is 1. The molecule has 0 aromatic heterocycles. The van der Waals surface area contributed by atoms with Crippen molar-refractivity contribution in [1.82, 2.24) is 0 Å². The van der Waals surface area contributed by atoms with Crippen LogP contribution in [0.25, 0.3) is 0 Å². The molecule has 126 valence electrons. The molecule has 3 rings (SSSR count). The van der Waals surface area contributed by atoms with Crippen molar-refractivity contribution in [1.29, 1.82) is 0 Å². The fourth-order valence-electron chi connectivity index (χ4n) is 2.59. The van der Waals surface area contributed by atoms with Gasteiger partial charge in [-0.1, -0.05) is 34.5 Å². The van der Waals surface area contributed by atoms with E-state index in [-0.39, 0.29) is 11.3 Å². The summed E-state index contributed by atoms with van der Waals surface area (Å²) in [7, 11) is 0. The first-order valence-corrected chi connectivity index (χ1v) is 9.93. The summed E-state index contributed by atoms with van der Waals surface area (Å²) in [6, 6.07) is 13.3. The predicted molar refractivity (Wildman–Crippen MR) is 104 cm³/mol. The number of anilines is 1. The molecule has 1 aliphatic rings. The largest absolute Gasteiger partial charge is 0.493 e. The number of thioether (sulfide) groups is 1. The highest BCUT2D eigenvalue weighted by atomic mass is 79.9. The monoisotopic (exact) mass is 425 g/mol. The molecule has 1 saturated heterocycles. The van der Waals surface area contributed by atoms with E-state index in [1.165, 1.54) is 0 Å². The van der Waals surface area contributed by atoms with Crippen LogP contribution >= 0.6 is 39.3 Å². The van der Waals surface area contributed by atoms with Crippen molar-refractivity contribution in [3.05, 3.63) is 57.5 Å². The van der Waals surface area contributed by atoms with Gasteiger partial charge in [0.05, 0.1) is 12.4 Å². The van der Waals surface area contributed by atoms with E-state index in [0.717, 1.165) is 27.9 Å². The molecule has 1 amide bonds. The Bertz CT molecular complexity index is 738. The molecule has 2 aromatic carbocycles. The van der Waals surface area contributed by atoms with Gasteiger partial charge in [0.25, 0.3) is 0 Å². The van der Waals surface area contributed by atoms with Crippen molar-refractivity contribution < 1.29 is 9.53 Å². The number of hydrogen-bond donors (Lipinski definition) is 0. The van der Waals surface area contributed by atoms with Crippen LogP contribution in [0.15, 0.2) is 46.9 Å². The van der Waals surface area contributed by atoms with Crippen molar-refractivity contribution in [3.8, 4) is 5.75 Å². The number of nitrogens with zero attached hydrogens (tertiary/aromatic N) is 1. The number of carbonyl (C=O) groups is 1. The van der Waals surface area contributed by atoms with E-state index in [4.69, 9.17) is 16.3 Å². The Hall–Kier alpha value is -1.17. The highest BCUT2D eigenvalue weighted by molar-refractivity contribution is 9.10. The van der Waals surface area contributed by atoms with Crippen LogP contribution in [0.1, 0.15) is 24.3 Å². The van der Waals surface area contributed by atoms with E-state index in [9.17, 15) is 4.79 Å². The molecule has 6 heteroatoms. The van der Waals surface area contributed by atoms with Crippen molar-refractivity contribution in [2.24, 2.45) is 0 Å². The average molecular weight is 427 g/mol. The lowest BCUT2D eigenvalue weighted by atomic mass is 10.1. The number of hydrogen-bond acceptors (Lipinski definition) is 3. The van der Waals surface area contributed by atoms with E-state index in [1.54, 1.807) is 23.9 Å². The number of halogens is 2. The first-order chi connectivity index (χ1) is 11.6. The zero-order chi connectivity index (χ0) is 17.1. The molecule has 1 aliphatic heterocycles. The molecular formula is C18H17BrClNO2S. The van der Waals surface area contributed by atoms with Gasteiger partial charge in [-0.15, -0.1) is 11.8 Å². The Kier molecular flexibility index (Phi) is 5.74. The zero-order valence-corrected chi connectivity index (χ0v) is 16.3. The zero-order valence-electron chi connectivity index (χ0n) is 13.2. The maximum Gasteiger partial charge on any atom is 0.238 e. The van der Waals surface area contributed by atoms with Gasteiger partial charge in [-0.3, -0.25) is 9.69 Å². The van der Waals surface area contributed by atoms with Crippen LogP contribution in [0.4, 0.5) is 5.69 Å². The fraction of sp³-hybridized carbons (Fsp3) is 0.278. The Morgan fingerprint density at radius 2 is 2.04 bits per heavy atom. The number of benzene rings is 2. The summed E-state index contributed by atoms with van der Waals surface area (Å²) in [5.41, 5.74) is 1.85. The van der Waals surface area contributed by atoms with E-state index >= 15 is 0 Å². The van der Waals surface area contributed by atoms with Gasteiger partial charge in [0.2, 0.25) is 5.91 Å². The quantitative estimate of drug-likeness (QED) is 0.617. The fourth-order valence-corrected chi connectivity index (χ4v) is 4.29. The minimum Gasteiger partial charge on any atom is -0.493 e. The van der Waals surface area contributed by atoms with Crippen molar-refractivity contribution in [2.45, 2.75) is 18.7 Å². The van der Waals surface area contributed by atoms with Gasteiger partial charge in [0, 0.05) is 20.7 Å². The van der Waals surface area contributed by atoms with Gasteiger partial charge in [0.1, 0.15) is 11.1 Å². The SMILES string of the molecule is CCCOc1ccc(Br)cc1[C@@H]1SCC(=O)N1c1ccc(Cl)cc1. The van der Waals surface area contributed by atoms with Gasteiger partial charge < -0.3 is 4.74 Å². The smallest absolute Gasteiger partial charge is 0.238 e. The molecule has 3 nitrogen and oxygen atoms in total.